The molecule has 1 aliphatic rings. The lowest BCUT2D eigenvalue weighted by Gasteiger charge is -2.42. The minimum absolute atomic E-state index is 0.0573. The molecule has 4 N–H and O–H groups in total. The van der Waals surface area contributed by atoms with E-state index in [1.807, 2.05) is 0 Å². The maximum Gasteiger partial charge on any atom is 0.0314 e. The van der Waals surface area contributed by atoms with E-state index in [1.165, 1.54) is 187 Å². The van der Waals surface area contributed by atoms with Crippen molar-refractivity contribution in [3.63, 3.8) is 0 Å². The summed E-state index contributed by atoms with van der Waals surface area (Å²) in [4.78, 5) is 0. The van der Waals surface area contributed by atoms with Crippen molar-refractivity contribution in [2.45, 2.75) is 192 Å². The molecule has 0 aliphatic heterocycles. The standard InChI is InChI=1S/C55H80N2/c1-4-7-10-13-16-19-22-53(47-28-36-51(56)37-29-47)45-24-32-49(33-25-45)55(42-40-44(41-43-55)21-18-15-12-9-6-3)50-34-26-46(27-35-50)54(23-20-17-14-11-8-5-2)48-30-38-52(57)39-31-48/h24-39,44,53-54H,4-23,40-43,56-57H2,1-3H3. The summed E-state index contributed by atoms with van der Waals surface area (Å²) in [6, 6.07) is 37.5. The number of nitrogens with two attached hydrogens (primary N) is 2. The lowest BCUT2D eigenvalue weighted by Crippen LogP contribution is -2.33. The third-order valence-corrected chi connectivity index (χ3v) is 13.8. The van der Waals surface area contributed by atoms with Gasteiger partial charge in [-0.2, -0.15) is 0 Å². The molecule has 5 rings (SSSR count). The second-order valence-electron chi connectivity index (χ2n) is 18.0. The van der Waals surface area contributed by atoms with Crippen LogP contribution in [0.1, 0.15) is 220 Å². The van der Waals surface area contributed by atoms with Crippen LogP contribution in [0.3, 0.4) is 0 Å². The Morgan fingerprint density at radius 1 is 0.421 bits per heavy atom. The molecule has 0 bridgehead atoms. The van der Waals surface area contributed by atoms with Crippen LogP contribution in [0, 0.1) is 5.92 Å². The van der Waals surface area contributed by atoms with Gasteiger partial charge in [0.25, 0.3) is 0 Å². The molecule has 1 saturated carbocycles. The first-order chi connectivity index (χ1) is 28.0. The van der Waals surface area contributed by atoms with E-state index in [2.05, 4.69) is 118 Å². The van der Waals surface area contributed by atoms with Gasteiger partial charge in [-0.25, -0.2) is 0 Å². The molecule has 2 unspecified atom stereocenters. The second kappa shape index (κ2) is 24.4. The molecule has 2 nitrogen and oxygen atoms in total. The van der Waals surface area contributed by atoms with Crippen molar-refractivity contribution in [1.29, 1.82) is 0 Å². The summed E-state index contributed by atoms with van der Waals surface area (Å²) in [5.41, 5.74) is 22.8. The molecule has 1 aliphatic carbocycles. The van der Waals surface area contributed by atoms with Crippen LogP contribution in [0.2, 0.25) is 0 Å². The number of benzene rings is 4. The molecule has 310 valence electrons. The van der Waals surface area contributed by atoms with E-state index in [1.54, 1.807) is 0 Å². The Balaban J connectivity index is 1.40. The molecule has 0 amide bonds. The van der Waals surface area contributed by atoms with Gasteiger partial charge in [-0.15, -0.1) is 0 Å². The van der Waals surface area contributed by atoms with Crippen LogP contribution >= 0.6 is 0 Å². The molecule has 0 heterocycles. The lowest BCUT2D eigenvalue weighted by atomic mass is 9.62. The van der Waals surface area contributed by atoms with Crippen LogP contribution in [0.25, 0.3) is 0 Å². The van der Waals surface area contributed by atoms with Crippen molar-refractivity contribution in [2.75, 3.05) is 11.5 Å². The van der Waals surface area contributed by atoms with E-state index in [4.69, 9.17) is 11.5 Å². The molecule has 4 aromatic rings. The van der Waals surface area contributed by atoms with Gasteiger partial charge in [-0.1, -0.05) is 209 Å². The van der Waals surface area contributed by atoms with E-state index in [0.717, 1.165) is 17.3 Å². The normalized spacial score (nSPS) is 18.1. The summed E-state index contributed by atoms with van der Waals surface area (Å²) in [7, 11) is 0. The zero-order valence-electron chi connectivity index (χ0n) is 36.6. The van der Waals surface area contributed by atoms with Crippen molar-refractivity contribution >= 4 is 11.4 Å². The van der Waals surface area contributed by atoms with Gasteiger partial charge < -0.3 is 11.5 Å². The van der Waals surface area contributed by atoms with Gasteiger partial charge in [0.05, 0.1) is 0 Å². The molecule has 0 saturated heterocycles. The maximum atomic E-state index is 6.16. The summed E-state index contributed by atoms with van der Waals surface area (Å²) < 4.78 is 0. The fourth-order valence-electron chi connectivity index (χ4n) is 10.1. The number of unbranched alkanes of at least 4 members (excludes halogenated alkanes) is 14. The Bertz CT molecular complexity index is 1520. The quantitative estimate of drug-likeness (QED) is 0.0494. The van der Waals surface area contributed by atoms with E-state index < -0.39 is 0 Å². The average Bonchev–Trinajstić information content (AvgIpc) is 3.24. The summed E-state index contributed by atoms with van der Waals surface area (Å²) >= 11 is 0. The van der Waals surface area contributed by atoms with Crippen LogP contribution in [0.4, 0.5) is 11.4 Å². The smallest absolute Gasteiger partial charge is 0.0314 e. The van der Waals surface area contributed by atoms with E-state index >= 15 is 0 Å². The maximum absolute atomic E-state index is 6.16. The van der Waals surface area contributed by atoms with Crippen molar-refractivity contribution in [3.8, 4) is 0 Å². The molecule has 0 radical (unpaired) electrons. The molecule has 4 aromatic carbocycles. The molecular weight excluding hydrogens is 689 g/mol. The fourth-order valence-corrected chi connectivity index (χ4v) is 10.1. The Hall–Kier alpha value is -3.52. The first kappa shape index (κ1) is 44.6. The molecule has 1 fully saturated rings. The average molecular weight is 769 g/mol. The Morgan fingerprint density at radius 2 is 0.737 bits per heavy atom. The molecule has 57 heavy (non-hydrogen) atoms. The zero-order chi connectivity index (χ0) is 40.1. The summed E-state index contributed by atoms with van der Waals surface area (Å²) in [6.07, 6.45) is 31.8. The van der Waals surface area contributed by atoms with E-state index in [-0.39, 0.29) is 5.41 Å². The SMILES string of the molecule is CCCCCCCCC(c1ccc(N)cc1)c1ccc(C2(c3ccc(C(CCCCCCCC)c4ccc(N)cc4)cc3)CCC(CCCCCCC)CC2)cc1. The highest BCUT2D eigenvalue weighted by molar-refractivity contribution is 5.47. The second-order valence-corrected chi connectivity index (χ2v) is 18.0. The number of rotatable bonds is 26. The number of hydrogen-bond donors (Lipinski definition) is 2. The minimum Gasteiger partial charge on any atom is -0.399 e. The summed E-state index contributed by atoms with van der Waals surface area (Å²) in [6.45, 7) is 6.93. The van der Waals surface area contributed by atoms with E-state index in [0.29, 0.717) is 11.8 Å². The van der Waals surface area contributed by atoms with Gasteiger partial charge in [-0.3, -0.25) is 0 Å². The van der Waals surface area contributed by atoms with Crippen LogP contribution in [0.15, 0.2) is 97.1 Å². The van der Waals surface area contributed by atoms with Crippen LogP contribution in [-0.2, 0) is 5.41 Å². The predicted octanol–water partition coefficient (Wildman–Crippen LogP) is 16.5. The molecule has 2 heteroatoms. The van der Waals surface area contributed by atoms with Crippen LogP contribution in [0.5, 0.6) is 0 Å². The third kappa shape index (κ3) is 13.5. The van der Waals surface area contributed by atoms with Crippen molar-refractivity contribution in [3.05, 3.63) is 130 Å². The molecule has 0 aromatic heterocycles. The Morgan fingerprint density at radius 3 is 1.11 bits per heavy atom. The molecule has 0 spiro atoms. The summed E-state index contributed by atoms with van der Waals surface area (Å²) in [5, 5.41) is 0. The topological polar surface area (TPSA) is 52.0 Å². The van der Waals surface area contributed by atoms with Gasteiger partial charge in [0, 0.05) is 28.6 Å². The highest BCUT2D eigenvalue weighted by Gasteiger charge is 2.38. The monoisotopic (exact) mass is 769 g/mol. The highest BCUT2D eigenvalue weighted by Crippen LogP contribution is 2.48. The zero-order valence-corrected chi connectivity index (χ0v) is 36.6. The Kier molecular flexibility index (Phi) is 19.1. The molecular formula is C55H80N2. The third-order valence-electron chi connectivity index (χ3n) is 13.8. The van der Waals surface area contributed by atoms with Gasteiger partial charge in [0.2, 0.25) is 0 Å². The van der Waals surface area contributed by atoms with Gasteiger partial charge in [0.15, 0.2) is 0 Å². The first-order valence-corrected chi connectivity index (χ1v) is 23.9. The minimum atomic E-state index is 0.0573. The van der Waals surface area contributed by atoms with E-state index in [9.17, 15) is 0 Å². The van der Waals surface area contributed by atoms with Gasteiger partial charge in [0.1, 0.15) is 0 Å². The van der Waals surface area contributed by atoms with Gasteiger partial charge in [-0.05, 0) is 102 Å². The summed E-state index contributed by atoms with van der Waals surface area (Å²) in [5.74, 6) is 1.67. The predicted molar refractivity (Wildman–Crippen MR) is 250 cm³/mol. The van der Waals surface area contributed by atoms with Crippen molar-refractivity contribution < 1.29 is 0 Å². The van der Waals surface area contributed by atoms with Crippen LogP contribution in [-0.4, -0.2) is 0 Å². The van der Waals surface area contributed by atoms with Crippen molar-refractivity contribution in [1.82, 2.24) is 0 Å². The number of anilines is 2. The Labute approximate surface area is 350 Å². The highest BCUT2D eigenvalue weighted by atomic mass is 14.5. The number of hydrogen-bond acceptors (Lipinski definition) is 2. The molecule has 2 atom stereocenters. The first-order valence-electron chi connectivity index (χ1n) is 23.9. The van der Waals surface area contributed by atoms with Crippen LogP contribution < -0.4 is 11.5 Å². The van der Waals surface area contributed by atoms with Gasteiger partial charge >= 0.3 is 0 Å². The fraction of sp³-hybridized carbons (Fsp3) is 0.564. The lowest BCUT2D eigenvalue weighted by molar-refractivity contribution is 0.250. The largest absolute Gasteiger partial charge is 0.399 e. The number of nitrogen functional groups attached to an aromatic ring is 2. The van der Waals surface area contributed by atoms with Crippen molar-refractivity contribution in [2.24, 2.45) is 5.92 Å².